The predicted molar refractivity (Wildman–Crippen MR) is 151 cm³/mol. The van der Waals surface area contributed by atoms with Gasteiger partial charge in [0.25, 0.3) is 5.91 Å². The second-order valence-electron chi connectivity index (χ2n) is 10.8. The minimum absolute atomic E-state index is 0.160. The van der Waals surface area contributed by atoms with Crippen LogP contribution in [-0.4, -0.2) is 46.6 Å². The van der Waals surface area contributed by atoms with Crippen LogP contribution in [-0.2, 0) is 15.1 Å². The number of nitrogens with one attached hydrogen (secondary N) is 1. The number of pyridine rings is 1. The van der Waals surface area contributed by atoms with Crippen molar-refractivity contribution < 1.29 is 14.4 Å². The minimum atomic E-state index is -1.50. The Balaban J connectivity index is 1.42. The monoisotopic (exact) mass is 544 g/mol. The third-order valence-corrected chi connectivity index (χ3v) is 9.78. The Bertz CT molecular complexity index is 1530. The maximum absolute atomic E-state index is 14.0. The van der Waals surface area contributed by atoms with Gasteiger partial charge in [-0.2, -0.15) is 0 Å². The van der Waals surface area contributed by atoms with Gasteiger partial charge in [0.1, 0.15) is 5.54 Å². The van der Waals surface area contributed by atoms with Crippen molar-refractivity contribution in [3.8, 4) is 0 Å². The molecule has 9 nitrogen and oxygen atoms in total. The van der Waals surface area contributed by atoms with Crippen LogP contribution in [0.15, 0.2) is 43.1 Å². The third-order valence-electron chi connectivity index (χ3n) is 8.52. The van der Waals surface area contributed by atoms with Crippen LogP contribution in [0.5, 0.6) is 0 Å². The summed E-state index contributed by atoms with van der Waals surface area (Å²) in [5, 5.41) is 3.73. The lowest BCUT2D eigenvalue weighted by Gasteiger charge is -2.37. The van der Waals surface area contributed by atoms with E-state index in [2.05, 4.69) is 16.9 Å². The number of hydrogen-bond acceptors (Lipinski definition) is 8. The molecule has 1 aromatic carbocycles. The van der Waals surface area contributed by atoms with Crippen LogP contribution in [0.3, 0.4) is 0 Å². The van der Waals surface area contributed by atoms with Gasteiger partial charge >= 0.3 is 0 Å². The highest BCUT2D eigenvalue weighted by Gasteiger charge is 2.49. The lowest BCUT2D eigenvalue weighted by atomic mass is 9.70. The van der Waals surface area contributed by atoms with Crippen LogP contribution in [0, 0.1) is 0 Å². The second kappa shape index (κ2) is 9.55. The fourth-order valence-corrected chi connectivity index (χ4v) is 7.35. The van der Waals surface area contributed by atoms with E-state index in [1.807, 2.05) is 6.07 Å². The Morgan fingerprint density at radius 1 is 1.21 bits per heavy atom. The number of nitrogen functional groups attached to an aromatic ring is 1. The second-order valence-corrected chi connectivity index (χ2v) is 11.8. The van der Waals surface area contributed by atoms with E-state index in [1.54, 1.807) is 29.3 Å². The fourth-order valence-electron chi connectivity index (χ4n) is 6.14. The fraction of sp³-hybridized carbons (Fsp3) is 0.379. The van der Waals surface area contributed by atoms with Gasteiger partial charge in [0.05, 0.1) is 15.6 Å². The first-order valence-corrected chi connectivity index (χ1v) is 14.2. The first kappa shape index (κ1) is 25.7. The number of nitrogens with two attached hydrogens (primary N) is 3. The number of rotatable bonds is 5. The molecule has 2 aliphatic carbocycles. The molecule has 2 fully saturated rings. The van der Waals surface area contributed by atoms with Gasteiger partial charge < -0.3 is 27.4 Å². The number of hydrogen-bond donors (Lipinski definition) is 4. The molecule has 10 heteroatoms. The number of thiophene rings is 1. The molecule has 0 radical (unpaired) electrons. The van der Waals surface area contributed by atoms with E-state index >= 15 is 0 Å². The molecular formula is C29H32N6O3S. The molecule has 3 aromatic rings. The summed E-state index contributed by atoms with van der Waals surface area (Å²) in [5.41, 5.74) is 21.6. The van der Waals surface area contributed by atoms with E-state index in [-0.39, 0.29) is 23.6 Å². The number of carbonyl (C=O) groups is 3. The van der Waals surface area contributed by atoms with Gasteiger partial charge in [-0.05, 0) is 61.1 Å². The number of aromatic nitrogens is 1. The van der Waals surface area contributed by atoms with E-state index in [9.17, 15) is 14.4 Å². The molecule has 3 atom stereocenters. The van der Waals surface area contributed by atoms with Gasteiger partial charge in [-0.15, -0.1) is 11.3 Å². The van der Waals surface area contributed by atoms with E-state index in [4.69, 9.17) is 17.2 Å². The minimum Gasteiger partial charge on any atom is -0.398 e. The molecule has 0 bridgehead atoms. The van der Waals surface area contributed by atoms with Gasteiger partial charge in [-0.25, -0.2) is 0 Å². The number of likely N-dealkylation sites (tertiary alicyclic amines) is 1. The van der Waals surface area contributed by atoms with Crippen molar-refractivity contribution in [3.63, 3.8) is 0 Å². The van der Waals surface area contributed by atoms with E-state index in [1.165, 1.54) is 23.8 Å². The van der Waals surface area contributed by atoms with Crippen molar-refractivity contribution >= 4 is 44.7 Å². The number of piperidine rings is 1. The van der Waals surface area contributed by atoms with E-state index < -0.39 is 11.6 Å². The van der Waals surface area contributed by atoms with Crippen molar-refractivity contribution in [1.82, 2.24) is 15.2 Å². The molecular weight excluding hydrogens is 512 g/mol. The largest absolute Gasteiger partial charge is 0.398 e. The SMILES string of the molecule is C=CC(=O)N1CCCC(NC(=O)c2sc3c(N)ccc4c3c2C(N)C(=O)C4(N)c2ccnc(C3CCC3)c2)C1. The Morgan fingerprint density at radius 3 is 2.72 bits per heavy atom. The standard InChI is InChI=1S/C29H32N6O3S/c1-2-21(36)35-12-4-7-17(14-35)34-28(38)26-23-22-18(8-9-19(30)25(22)39-26)29(32,27(37)24(23)31)16-10-11-33-20(13-16)15-5-3-6-15/h2,8-11,13,15,17,24H,1,3-7,12,14,30-32H2,(H,34,38). The summed E-state index contributed by atoms with van der Waals surface area (Å²) in [6, 6.07) is 5.89. The maximum Gasteiger partial charge on any atom is 0.262 e. The Kier molecular flexibility index (Phi) is 6.28. The van der Waals surface area contributed by atoms with Crippen molar-refractivity contribution in [2.45, 2.75) is 55.6 Å². The summed E-state index contributed by atoms with van der Waals surface area (Å²) >= 11 is 1.23. The first-order valence-electron chi connectivity index (χ1n) is 13.4. The van der Waals surface area contributed by atoms with Gasteiger partial charge in [0, 0.05) is 53.6 Å². The topological polar surface area (TPSA) is 157 Å². The average Bonchev–Trinajstić information content (AvgIpc) is 3.32. The first-order chi connectivity index (χ1) is 18.7. The zero-order chi connectivity index (χ0) is 27.5. The van der Waals surface area contributed by atoms with Crippen LogP contribution in [0.25, 0.3) is 10.1 Å². The van der Waals surface area contributed by atoms with Crippen molar-refractivity contribution in [2.24, 2.45) is 11.5 Å². The highest BCUT2D eigenvalue weighted by molar-refractivity contribution is 7.21. The molecule has 2 aromatic heterocycles. The molecule has 0 spiro atoms. The molecule has 1 aliphatic heterocycles. The normalized spacial score (nSPS) is 24.9. The zero-order valence-corrected chi connectivity index (χ0v) is 22.4. The molecule has 6 rings (SSSR count). The number of amides is 2. The molecule has 3 unspecified atom stereocenters. The van der Waals surface area contributed by atoms with Crippen LogP contribution < -0.4 is 22.5 Å². The lowest BCUT2D eigenvalue weighted by Crippen LogP contribution is -2.53. The summed E-state index contributed by atoms with van der Waals surface area (Å²) in [6.45, 7) is 4.58. The zero-order valence-electron chi connectivity index (χ0n) is 21.6. The number of anilines is 1. The van der Waals surface area contributed by atoms with Crippen LogP contribution >= 0.6 is 11.3 Å². The Hall–Kier alpha value is -3.60. The van der Waals surface area contributed by atoms with Crippen LogP contribution in [0.2, 0.25) is 0 Å². The molecule has 2 amide bonds. The summed E-state index contributed by atoms with van der Waals surface area (Å²) in [6.07, 6.45) is 7.80. The van der Waals surface area contributed by atoms with Gasteiger partial charge in [0.2, 0.25) is 5.91 Å². The highest BCUT2D eigenvalue weighted by atomic mass is 32.1. The molecule has 202 valence electrons. The van der Waals surface area contributed by atoms with Crippen LogP contribution in [0.4, 0.5) is 5.69 Å². The number of carbonyl (C=O) groups excluding carboxylic acids is 3. The Labute approximate surface area is 230 Å². The van der Waals surface area contributed by atoms with Crippen LogP contribution in [0.1, 0.15) is 76.1 Å². The molecule has 1 saturated carbocycles. The molecule has 3 heterocycles. The summed E-state index contributed by atoms with van der Waals surface area (Å²) in [5.74, 6) is -0.498. The molecule has 7 N–H and O–H groups in total. The number of benzene rings is 1. The smallest absolute Gasteiger partial charge is 0.262 e. The summed E-state index contributed by atoms with van der Waals surface area (Å²) in [7, 11) is 0. The molecule has 1 saturated heterocycles. The van der Waals surface area contributed by atoms with Gasteiger partial charge in [0.15, 0.2) is 5.78 Å². The number of ketones is 1. The predicted octanol–water partition coefficient (Wildman–Crippen LogP) is 2.84. The van der Waals surface area contributed by atoms with Crippen molar-refractivity contribution in [1.29, 1.82) is 0 Å². The van der Waals surface area contributed by atoms with E-state index in [0.717, 1.165) is 31.4 Å². The molecule has 3 aliphatic rings. The number of Topliss-reactive ketones (excluding diaryl/α,β-unsaturated/α-hetero) is 1. The average molecular weight is 545 g/mol. The quantitative estimate of drug-likeness (QED) is 0.284. The van der Waals surface area contributed by atoms with Crippen molar-refractivity contribution in [2.75, 3.05) is 18.8 Å². The summed E-state index contributed by atoms with van der Waals surface area (Å²) in [4.78, 5) is 46.3. The van der Waals surface area contributed by atoms with Gasteiger partial charge in [-0.3, -0.25) is 19.4 Å². The Morgan fingerprint density at radius 2 is 2.00 bits per heavy atom. The number of nitrogens with zero attached hydrogens (tertiary/aromatic N) is 2. The third kappa shape index (κ3) is 3.97. The highest BCUT2D eigenvalue weighted by Crippen LogP contribution is 2.49. The van der Waals surface area contributed by atoms with Crippen molar-refractivity contribution in [3.05, 3.63) is 70.4 Å². The van der Waals surface area contributed by atoms with Gasteiger partial charge in [-0.1, -0.05) is 19.1 Å². The van der Waals surface area contributed by atoms with E-state index in [0.29, 0.717) is 56.3 Å². The summed E-state index contributed by atoms with van der Waals surface area (Å²) < 4.78 is 0.686. The lowest BCUT2D eigenvalue weighted by molar-refractivity contribution is -0.127. The molecule has 39 heavy (non-hydrogen) atoms. The maximum atomic E-state index is 14.0.